The second kappa shape index (κ2) is 8.92. The van der Waals surface area contributed by atoms with Gasteiger partial charge in [0.05, 0.1) is 5.60 Å². The molecule has 0 aromatic rings. The standard InChI is InChI=1S/C16H33NO/c1-4-11-15(17-14-5-2)16(18-6-3)12-9-7-8-10-13-16/h15,17H,4-14H2,1-3H3. The van der Waals surface area contributed by atoms with Crippen LogP contribution in [-0.4, -0.2) is 24.8 Å². The molecule has 0 spiro atoms. The van der Waals surface area contributed by atoms with Gasteiger partial charge in [0.25, 0.3) is 0 Å². The van der Waals surface area contributed by atoms with Gasteiger partial charge >= 0.3 is 0 Å². The fourth-order valence-corrected chi connectivity index (χ4v) is 3.37. The monoisotopic (exact) mass is 255 g/mol. The van der Waals surface area contributed by atoms with Gasteiger partial charge in [-0.3, -0.25) is 0 Å². The molecule has 0 aliphatic heterocycles. The molecule has 0 aromatic carbocycles. The Kier molecular flexibility index (Phi) is 7.92. The minimum Gasteiger partial charge on any atom is -0.374 e. The SMILES string of the molecule is CCCNC(CCC)C1(OCC)CCCCCC1. The second-order valence-corrected chi connectivity index (χ2v) is 5.71. The van der Waals surface area contributed by atoms with Gasteiger partial charge < -0.3 is 10.1 Å². The molecule has 2 heteroatoms. The molecule has 0 bridgehead atoms. The second-order valence-electron chi connectivity index (χ2n) is 5.71. The first-order chi connectivity index (χ1) is 8.79. The third-order valence-corrected chi connectivity index (χ3v) is 4.23. The molecular weight excluding hydrogens is 222 g/mol. The van der Waals surface area contributed by atoms with E-state index in [1.54, 1.807) is 0 Å². The summed E-state index contributed by atoms with van der Waals surface area (Å²) in [5.41, 5.74) is 0.121. The Balaban J connectivity index is 2.74. The van der Waals surface area contributed by atoms with Crippen molar-refractivity contribution in [1.82, 2.24) is 5.32 Å². The lowest BCUT2D eigenvalue weighted by Crippen LogP contribution is -2.52. The molecule has 1 fully saturated rings. The van der Waals surface area contributed by atoms with Crippen LogP contribution in [0.3, 0.4) is 0 Å². The first-order valence-corrected chi connectivity index (χ1v) is 8.16. The topological polar surface area (TPSA) is 21.3 Å². The smallest absolute Gasteiger partial charge is 0.0834 e. The summed E-state index contributed by atoms with van der Waals surface area (Å²) in [6.07, 6.45) is 11.7. The highest BCUT2D eigenvalue weighted by Gasteiger charge is 2.38. The molecule has 1 saturated carbocycles. The van der Waals surface area contributed by atoms with Gasteiger partial charge in [-0.15, -0.1) is 0 Å². The van der Waals surface area contributed by atoms with Crippen molar-refractivity contribution in [3.05, 3.63) is 0 Å². The van der Waals surface area contributed by atoms with Crippen molar-refractivity contribution in [1.29, 1.82) is 0 Å². The number of hydrogen-bond acceptors (Lipinski definition) is 2. The highest BCUT2D eigenvalue weighted by Crippen LogP contribution is 2.35. The fraction of sp³-hybridized carbons (Fsp3) is 1.00. The van der Waals surface area contributed by atoms with E-state index in [1.165, 1.54) is 57.8 Å². The van der Waals surface area contributed by atoms with E-state index in [-0.39, 0.29) is 5.60 Å². The molecule has 0 radical (unpaired) electrons. The van der Waals surface area contributed by atoms with E-state index in [0.29, 0.717) is 6.04 Å². The molecule has 0 heterocycles. The van der Waals surface area contributed by atoms with Gasteiger partial charge in [-0.1, -0.05) is 46.0 Å². The average molecular weight is 255 g/mol. The van der Waals surface area contributed by atoms with Crippen molar-refractivity contribution < 1.29 is 4.74 Å². The molecule has 2 nitrogen and oxygen atoms in total. The lowest BCUT2D eigenvalue weighted by Gasteiger charge is -2.41. The quantitative estimate of drug-likeness (QED) is 0.653. The summed E-state index contributed by atoms with van der Waals surface area (Å²) in [6, 6.07) is 0.556. The molecule has 0 saturated heterocycles. The minimum absolute atomic E-state index is 0.121. The molecule has 0 aromatic heterocycles. The van der Waals surface area contributed by atoms with E-state index in [1.807, 2.05) is 0 Å². The van der Waals surface area contributed by atoms with E-state index >= 15 is 0 Å². The van der Waals surface area contributed by atoms with Crippen molar-refractivity contribution in [2.75, 3.05) is 13.2 Å². The summed E-state index contributed by atoms with van der Waals surface area (Å²) >= 11 is 0. The predicted octanol–water partition coefficient (Wildman–Crippen LogP) is 4.28. The Hall–Kier alpha value is -0.0800. The molecule has 18 heavy (non-hydrogen) atoms. The zero-order valence-electron chi connectivity index (χ0n) is 12.8. The lowest BCUT2D eigenvalue weighted by molar-refractivity contribution is -0.0786. The van der Waals surface area contributed by atoms with Crippen molar-refractivity contribution >= 4 is 0 Å². The van der Waals surface area contributed by atoms with Gasteiger partial charge in [0, 0.05) is 12.6 Å². The van der Waals surface area contributed by atoms with Crippen LogP contribution in [0.5, 0.6) is 0 Å². The zero-order valence-corrected chi connectivity index (χ0v) is 12.8. The minimum atomic E-state index is 0.121. The van der Waals surface area contributed by atoms with Gasteiger partial charge in [-0.05, 0) is 39.2 Å². The maximum Gasteiger partial charge on any atom is 0.0834 e. The van der Waals surface area contributed by atoms with Gasteiger partial charge in [-0.25, -0.2) is 0 Å². The number of nitrogens with one attached hydrogen (secondary N) is 1. The Bertz CT molecular complexity index is 197. The van der Waals surface area contributed by atoms with Crippen molar-refractivity contribution in [3.8, 4) is 0 Å². The molecular formula is C16H33NO. The Labute approximate surface area is 114 Å². The highest BCUT2D eigenvalue weighted by atomic mass is 16.5. The maximum atomic E-state index is 6.30. The fourth-order valence-electron chi connectivity index (χ4n) is 3.37. The molecule has 1 aliphatic carbocycles. The van der Waals surface area contributed by atoms with Crippen molar-refractivity contribution in [2.24, 2.45) is 0 Å². The molecule has 1 unspecified atom stereocenters. The third kappa shape index (κ3) is 4.55. The van der Waals surface area contributed by atoms with E-state index in [0.717, 1.165) is 13.2 Å². The van der Waals surface area contributed by atoms with Crippen LogP contribution < -0.4 is 5.32 Å². The van der Waals surface area contributed by atoms with Crippen LogP contribution >= 0.6 is 0 Å². The molecule has 1 aliphatic rings. The van der Waals surface area contributed by atoms with Crippen LogP contribution in [-0.2, 0) is 4.74 Å². The van der Waals surface area contributed by atoms with Crippen LogP contribution in [0.15, 0.2) is 0 Å². The zero-order chi connectivity index (χ0) is 13.3. The van der Waals surface area contributed by atoms with Crippen LogP contribution in [0, 0.1) is 0 Å². The summed E-state index contributed by atoms with van der Waals surface area (Å²) in [5.74, 6) is 0. The summed E-state index contributed by atoms with van der Waals surface area (Å²) < 4.78 is 6.30. The van der Waals surface area contributed by atoms with Crippen LogP contribution in [0.25, 0.3) is 0 Å². The van der Waals surface area contributed by atoms with Crippen LogP contribution in [0.1, 0.15) is 78.6 Å². The average Bonchev–Trinajstić information content (AvgIpc) is 2.61. The lowest BCUT2D eigenvalue weighted by atomic mass is 9.83. The van der Waals surface area contributed by atoms with Gasteiger partial charge in [0.15, 0.2) is 0 Å². The number of rotatable bonds is 8. The summed E-state index contributed by atoms with van der Waals surface area (Å²) in [5, 5.41) is 3.77. The molecule has 108 valence electrons. The van der Waals surface area contributed by atoms with E-state index in [9.17, 15) is 0 Å². The molecule has 1 rings (SSSR count). The van der Waals surface area contributed by atoms with E-state index in [4.69, 9.17) is 4.74 Å². The Morgan fingerprint density at radius 1 is 1.00 bits per heavy atom. The van der Waals surface area contributed by atoms with E-state index in [2.05, 4.69) is 26.1 Å². The molecule has 0 amide bonds. The first-order valence-electron chi connectivity index (χ1n) is 8.16. The largest absolute Gasteiger partial charge is 0.374 e. The van der Waals surface area contributed by atoms with Crippen molar-refractivity contribution in [3.63, 3.8) is 0 Å². The maximum absolute atomic E-state index is 6.30. The van der Waals surface area contributed by atoms with Gasteiger partial charge in [0.1, 0.15) is 0 Å². The normalized spacial score (nSPS) is 21.5. The number of ether oxygens (including phenoxy) is 1. The Morgan fingerprint density at radius 2 is 1.67 bits per heavy atom. The summed E-state index contributed by atoms with van der Waals surface area (Å²) in [7, 11) is 0. The number of hydrogen-bond donors (Lipinski definition) is 1. The predicted molar refractivity (Wildman–Crippen MR) is 79.0 cm³/mol. The highest BCUT2D eigenvalue weighted by molar-refractivity contribution is 4.94. The molecule has 1 N–H and O–H groups in total. The Morgan fingerprint density at radius 3 is 2.17 bits per heavy atom. The van der Waals surface area contributed by atoms with E-state index < -0.39 is 0 Å². The third-order valence-electron chi connectivity index (χ3n) is 4.23. The van der Waals surface area contributed by atoms with Gasteiger partial charge in [-0.2, -0.15) is 0 Å². The molecule has 1 atom stereocenters. The van der Waals surface area contributed by atoms with Crippen LogP contribution in [0.4, 0.5) is 0 Å². The summed E-state index contributed by atoms with van der Waals surface area (Å²) in [6.45, 7) is 8.66. The van der Waals surface area contributed by atoms with Crippen LogP contribution in [0.2, 0.25) is 0 Å². The van der Waals surface area contributed by atoms with Crippen molar-refractivity contribution in [2.45, 2.75) is 90.2 Å². The first kappa shape index (κ1) is 16.0. The van der Waals surface area contributed by atoms with Gasteiger partial charge in [0.2, 0.25) is 0 Å². The summed E-state index contributed by atoms with van der Waals surface area (Å²) in [4.78, 5) is 0.